The van der Waals surface area contributed by atoms with E-state index in [1.807, 2.05) is 14.1 Å². The number of hydrogen-bond donors (Lipinski definition) is 0. The topological polar surface area (TPSA) is 30.2 Å². The summed E-state index contributed by atoms with van der Waals surface area (Å²) in [4.78, 5) is 14.0. The highest BCUT2D eigenvalue weighted by molar-refractivity contribution is 5.18. The molecule has 0 saturated heterocycles. The molecule has 1 aromatic rings. The first kappa shape index (κ1) is 9.52. The van der Waals surface area contributed by atoms with Gasteiger partial charge in [0, 0.05) is 39.3 Å². The molecule has 0 N–H and O–H groups in total. The van der Waals surface area contributed by atoms with Crippen molar-refractivity contribution in [3.63, 3.8) is 0 Å². The molecule has 1 aromatic heterocycles. The van der Waals surface area contributed by atoms with Crippen molar-refractivity contribution in [3.8, 4) is 0 Å². The molecule has 0 aliphatic carbocycles. The van der Waals surface area contributed by atoms with Crippen LogP contribution in [0.5, 0.6) is 0 Å². The molecule has 14 heavy (non-hydrogen) atoms. The highest BCUT2D eigenvalue weighted by Crippen LogP contribution is 2.16. The van der Waals surface area contributed by atoms with Crippen LogP contribution in [-0.4, -0.2) is 27.1 Å². The summed E-state index contributed by atoms with van der Waals surface area (Å²) in [6, 6.07) is 0. The predicted molar refractivity (Wildman–Crippen MR) is 55.3 cm³/mol. The van der Waals surface area contributed by atoms with E-state index in [0.29, 0.717) is 0 Å². The summed E-state index contributed by atoms with van der Waals surface area (Å²) in [5.74, 6) is 0. The van der Waals surface area contributed by atoms with E-state index in [2.05, 4.69) is 11.8 Å². The summed E-state index contributed by atoms with van der Waals surface area (Å²) in [7, 11) is 3.73. The van der Waals surface area contributed by atoms with E-state index in [1.165, 1.54) is 11.4 Å². The molecular formula is C10H17N3O. The third-order valence-electron chi connectivity index (χ3n) is 3.20. The average molecular weight is 195 g/mol. The Morgan fingerprint density at radius 2 is 1.86 bits per heavy atom. The standard InChI is InChI=1S/C10H17N3O/c1-4-13-6-5-8-9(7-13)12(3)10(14)11(8)2/h4-7H2,1-3H3. The van der Waals surface area contributed by atoms with Crippen LogP contribution in [0.2, 0.25) is 0 Å². The lowest BCUT2D eigenvalue weighted by molar-refractivity contribution is 0.258. The van der Waals surface area contributed by atoms with E-state index in [0.717, 1.165) is 26.1 Å². The lowest BCUT2D eigenvalue weighted by Gasteiger charge is -2.25. The molecule has 0 aromatic carbocycles. The molecule has 0 bridgehead atoms. The highest BCUT2D eigenvalue weighted by Gasteiger charge is 2.21. The van der Waals surface area contributed by atoms with Crippen LogP contribution < -0.4 is 5.69 Å². The van der Waals surface area contributed by atoms with Gasteiger partial charge in [0.25, 0.3) is 0 Å². The van der Waals surface area contributed by atoms with Crippen LogP contribution in [0.4, 0.5) is 0 Å². The van der Waals surface area contributed by atoms with E-state index >= 15 is 0 Å². The Hall–Kier alpha value is -1.03. The summed E-state index contributed by atoms with van der Waals surface area (Å²) in [5.41, 5.74) is 2.50. The molecule has 0 atom stereocenters. The lowest BCUT2D eigenvalue weighted by Crippen LogP contribution is -2.31. The Kier molecular flexibility index (Phi) is 2.23. The monoisotopic (exact) mass is 195 g/mol. The van der Waals surface area contributed by atoms with E-state index in [1.54, 1.807) is 9.13 Å². The van der Waals surface area contributed by atoms with Gasteiger partial charge in [0.15, 0.2) is 0 Å². The van der Waals surface area contributed by atoms with E-state index in [9.17, 15) is 4.79 Å². The first-order valence-electron chi connectivity index (χ1n) is 5.11. The third-order valence-corrected chi connectivity index (χ3v) is 3.20. The number of hydrogen-bond acceptors (Lipinski definition) is 2. The normalized spacial score (nSPS) is 17.1. The average Bonchev–Trinajstić information content (AvgIpc) is 2.44. The van der Waals surface area contributed by atoms with Gasteiger partial charge in [-0.05, 0) is 6.54 Å². The van der Waals surface area contributed by atoms with Gasteiger partial charge in [-0.3, -0.25) is 14.0 Å². The molecule has 0 spiro atoms. The van der Waals surface area contributed by atoms with Crippen LogP contribution >= 0.6 is 0 Å². The van der Waals surface area contributed by atoms with Crippen LogP contribution in [0.25, 0.3) is 0 Å². The predicted octanol–water partition coefficient (Wildman–Crippen LogP) is 0.102. The maximum atomic E-state index is 11.7. The second-order valence-corrected chi connectivity index (χ2v) is 3.91. The van der Waals surface area contributed by atoms with Crippen molar-refractivity contribution in [2.24, 2.45) is 14.1 Å². The van der Waals surface area contributed by atoms with Crippen LogP contribution in [0.3, 0.4) is 0 Å². The molecule has 1 aliphatic rings. The lowest BCUT2D eigenvalue weighted by atomic mass is 10.1. The fourth-order valence-corrected chi connectivity index (χ4v) is 2.18. The maximum absolute atomic E-state index is 11.7. The number of aromatic nitrogens is 2. The van der Waals surface area contributed by atoms with Crippen molar-refractivity contribution in [1.82, 2.24) is 14.0 Å². The van der Waals surface area contributed by atoms with Gasteiger partial charge in [-0.25, -0.2) is 4.79 Å². The number of nitrogens with zero attached hydrogens (tertiary/aromatic N) is 3. The highest BCUT2D eigenvalue weighted by atomic mass is 16.1. The van der Waals surface area contributed by atoms with Crippen LogP contribution in [0.15, 0.2) is 4.79 Å². The number of fused-ring (bicyclic) bond motifs is 1. The zero-order valence-electron chi connectivity index (χ0n) is 9.08. The molecule has 2 heterocycles. The number of imidazole rings is 1. The van der Waals surface area contributed by atoms with Crippen molar-refractivity contribution in [2.75, 3.05) is 13.1 Å². The van der Waals surface area contributed by atoms with Gasteiger partial charge in [0.2, 0.25) is 0 Å². The summed E-state index contributed by atoms with van der Waals surface area (Å²) in [5, 5.41) is 0. The largest absolute Gasteiger partial charge is 0.328 e. The third kappa shape index (κ3) is 1.21. The summed E-state index contributed by atoms with van der Waals surface area (Å²) in [6.45, 7) is 5.20. The van der Waals surface area contributed by atoms with Crippen molar-refractivity contribution >= 4 is 0 Å². The van der Waals surface area contributed by atoms with Crippen molar-refractivity contribution in [2.45, 2.75) is 19.9 Å². The van der Waals surface area contributed by atoms with Crippen molar-refractivity contribution < 1.29 is 0 Å². The SMILES string of the molecule is CCN1CCc2c(n(C)c(=O)n2C)C1. The van der Waals surface area contributed by atoms with Crippen LogP contribution in [0, 0.1) is 0 Å². The molecular weight excluding hydrogens is 178 g/mol. The van der Waals surface area contributed by atoms with E-state index < -0.39 is 0 Å². The summed E-state index contributed by atoms with van der Waals surface area (Å²) in [6.07, 6.45) is 0.996. The Morgan fingerprint density at radius 3 is 2.50 bits per heavy atom. The number of rotatable bonds is 1. The van der Waals surface area contributed by atoms with Crippen LogP contribution in [0.1, 0.15) is 18.3 Å². The quantitative estimate of drug-likeness (QED) is 0.636. The van der Waals surface area contributed by atoms with E-state index in [-0.39, 0.29) is 5.69 Å². The summed E-state index contributed by atoms with van der Waals surface area (Å²) < 4.78 is 3.56. The van der Waals surface area contributed by atoms with Gasteiger partial charge in [0.1, 0.15) is 0 Å². The molecule has 0 unspecified atom stereocenters. The minimum Gasteiger partial charge on any atom is -0.299 e. The molecule has 0 radical (unpaired) electrons. The fourth-order valence-electron chi connectivity index (χ4n) is 2.18. The zero-order chi connectivity index (χ0) is 10.3. The minimum atomic E-state index is 0.105. The minimum absolute atomic E-state index is 0.105. The van der Waals surface area contributed by atoms with Gasteiger partial charge in [0.05, 0.1) is 5.69 Å². The number of likely N-dealkylation sites (N-methyl/N-ethyl adjacent to an activating group) is 1. The molecule has 0 amide bonds. The first-order valence-corrected chi connectivity index (χ1v) is 5.11. The second kappa shape index (κ2) is 3.28. The van der Waals surface area contributed by atoms with Crippen LogP contribution in [-0.2, 0) is 27.1 Å². The first-order chi connectivity index (χ1) is 6.65. The Labute approximate surface area is 83.8 Å². The van der Waals surface area contributed by atoms with Gasteiger partial charge in [-0.15, -0.1) is 0 Å². The second-order valence-electron chi connectivity index (χ2n) is 3.91. The molecule has 0 fully saturated rings. The summed E-state index contributed by atoms with van der Waals surface area (Å²) >= 11 is 0. The van der Waals surface area contributed by atoms with Gasteiger partial charge < -0.3 is 0 Å². The Balaban J connectivity index is 2.47. The Morgan fingerprint density at radius 1 is 1.21 bits per heavy atom. The van der Waals surface area contributed by atoms with E-state index in [4.69, 9.17) is 0 Å². The zero-order valence-corrected chi connectivity index (χ0v) is 9.08. The molecule has 78 valence electrons. The van der Waals surface area contributed by atoms with Gasteiger partial charge in [-0.1, -0.05) is 6.92 Å². The Bertz CT molecular complexity index is 402. The van der Waals surface area contributed by atoms with Crippen molar-refractivity contribution in [3.05, 3.63) is 21.9 Å². The molecule has 4 nitrogen and oxygen atoms in total. The molecule has 2 rings (SSSR count). The van der Waals surface area contributed by atoms with Gasteiger partial charge in [-0.2, -0.15) is 0 Å². The smallest absolute Gasteiger partial charge is 0.299 e. The molecule has 1 aliphatic heterocycles. The maximum Gasteiger partial charge on any atom is 0.328 e. The fraction of sp³-hybridized carbons (Fsp3) is 0.700. The molecule has 4 heteroatoms. The van der Waals surface area contributed by atoms with Gasteiger partial charge >= 0.3 is 5.69 Å². The molecule has 0 saturated carbocycles. The van der Waals surface area contributed by atoms with Crippen molar-refractivity contribution in [1.29, 1.82) is 0 Å².